The molecule has 0 saturated carbocycles. The van der Waals surface area contributed by atoms with Crippen LogP contribution in [0.25, 0.3) is 0 Å². The van der Waals surface area contributed by atoms with Gasteiger partial charge >= 0.3 is 0 Å². The van der Waals surface area contributed by atoms with Crippen molar-refractivity contribution in [2.24, 2.45) is 0 Å². The zero-order valence-electron chi connectivity index (χ0n) is 10.8. The van der Waals surface area contributed by atoms with Crippen LogP contribution < -0.4 is 11.1 Å². The average Bonchev–Trinajstić information content (AvgIpc) is 2.38. The van der Waals surface area contributed by atoms with Crippen molar-refractivity contribution in [3.8, 4) is 0 Å². The lowest BCUT2D eigenvalue weighted by Gasteiger charge is -2.08. The van der Waals surface area contributed by atoms with Gasteiger partial charge in [-0.25, -0.2) is 0 Å². The third kappa shape index (κ3) is 4.30. The maximum Gasteiger partial charge on any atom is 0.237 e. The first-order chi connectivity index (χ1) is 9.97. The molecule has 2 rings (SSSR count). The number of carbonyl (C=O) groups excluding carboxylic acids is 1. The second-order valence-corrected chi connectivity index (χ2v) is 6.92. The van der Waals surface area contributed by atoms with Gasteiger partial charge in [-0.1, -0.05) is 39.7 Å². The van der Waals surface area contributed by atoms with E-state index >= 15 is 0 Å². The molecule has 7 heteroatoms. The molecule has 0 aliphatic carbocycles. The Bertz CT molecular complexity index is 689. The summed E-state index contributed by atoms with van der Waals surface area (Å²) in [5.41, 5.74) is 6.69. The summed E-state index contributed by atoms with van der Waals surface area (Å²) in [5.74, 6) is -0.578. The molecule has 0 spiro atoms. The molecule has 0 aliphatic heterocycles. The van der Waals surface area contributed by atoms with E-state index in [-0.39, 0.29) is 11.7 Å². The summed E-state index contributed by atoms with van der Waals surface area (Å²) in [6.07, 6.45) is 0. The Morgan fingerprint density at radius 1 is 1.29 bits per heavy atom. The molecule has 0 aliphatic rings. The van der Waals surface area contributed by atoms with E-state index < -0.39 is 10.8 Å². The van der Waals surface area contributed by atoms with Crippen LogP contribution in [0.4, 0.5) is 11.4 Å². The molecule has 110 valence electrons. The highest BCUT2D eigenvalue weighted by atomic mass is 79.9. The minimum Gasteiger partial charge on any atom is -0.398 e. The monoisotopic (exact) mass is 386 g/mol. The van der Waals surface area contributed by atoms with Crippen LogP contribution in [0.15, 0.2) is 51.8 Å². The number of hydrogen-bond donors (Lipinski definition) is 2. The Hall–Kier alpha value is -1.37. The van der Waals surface area contributed by atoms with Gasteiger partial charge in [0.15, 0.2) is 0 Å². The van der Waals surface area contributed by atoms with Gasteiger partial charge in [0.25, 0.3) is 0 Å². The number of hydrogen-bond acceptors (Lipinski definition) is 3. The van der Waals surface area contributed by atoms with E-state index in [4.69, 9.17) is 17.3 Å². The van der Waals surface area contributed by atoms with E-state index in [0.29, 0.717) is 21.3 Å². The Morgan fingerprint density at radius 2 is 2.00 bits per heavy atom. The minimum absolute atomic E-state index is 0.208. The van der Waals surface area contributed by atoms with Crippen LogP contribution in [0, 0.1) is 0 Å². The summed E-state index contributed by atoms with van der Waals surface area (Å²) in [6, 6.07) is 12.0. The quantitative estimate of drug-likeness (QED) is 0.789. The third-order valence-corrected chi connectivity index (χ3v) is 4.95. The highest BCUT2D eigenvalue weighted by molar-refractivity contribution is 9.10. The van der Waals surface area contributed by atoms with Crippen LogP contribution in [0.3, 0.4) is 0 Å². The van der Waals surface area contributed by atoms with Crippen molar-refractivity contribution < 1.29 is 9.00 Å². The molecule has 1 unspecified atom stereocenters. The summed E-state index contributed by atoms with van der Waals surface area (Å²) in [5, 5.41) is 2.97. The first kappa shape index (κ1) is 16.0. The van der Waals surface area contributed by atoms with Crippen molar-refractivity contribution in [2.75, 3.05) is 16.8 Å². The first-order valence-corrected chi connectivity index (χ1v) is 8.44. The number of benzene rings is 2. The molecule has 2 aromatic carbocycles. The zero-order valence-corrected chi connectivity index (χ0v) is 14.0. The van der Waals surface area contributed by atoms with Crippen molar-refractivity contribution in [1.29, 1.82) is 0 Å². The van der Waals surface area contributed by atoms with E-state index in [1.54, 1.807) is 36.4 Å². The van der Waals surface area contributed by atoms with Crippen LogP contribution >= 0.6 is 27.5 Å². The molecule has 0 heterocycles. The minimum atomic E-state index is -1.60. The normalized spacial score (nSPS) is 11.9. The number of carbonyl (C=O) groups is 1. The lowest BCUT2D eigenvalue weighted by atomic mass is 10.3. The Labute approximate surface area is 138 Å². The first-order valence-electron chi connectivity index (χ1n) is 5.95. The van der Waals surface area contributed by atoms with Gasteiger partial charge < -0.3 is 11.1 Å². The van der Waals surface area contributed by atoms with E-state index in [0.717, 1.165) is 4.47 Å². The summed E-state index contributed by atoms with van der Waals surface area (Å²) < 4.78 is 13.1. The van der Waals surface area contributed by atoms with Crippen molar-refractivity contribution in [2.45, 2.75) is 4.90 Å². The molecule has 0 saturated heterocycles. The average molecular weight is 388 g/mol. The molecular formula is C14H12BrClN2O2S. The molecule has 0 bridgehead atoms. The number of halogens is 2. The number of nitrogen functional groups attached to an aromatic ring is 1. The van der Waals surface area contributed by atoms with Crippen molar-refractivity contribution in [3.63, 3.8) is 0 Å². The van der Waals surface area contributed by atoms with Crippen LogP contribution in [-0.4, -0.2) is 15.9 Å². The zero-order chi connectivity index (χ0) is 15.4. The predicted octanol–water partition coefficient (Wildman–Crippen LogP) is 3.43. The number of nitrogens with two attached hydrogens (primary N) is 1. The third-order valence-electron chi connectivity index (χ3n) is 2.60. The largest absolute Gasteiger partial charge is 0.398 e. The molecule has 3 N–H and O–H groups in total. The standard InChI is InChI=1S/C14H12BrClN2O2S/c15-9-3-1-4-10(7-9)18-13(19)8-21(20)14-11(16)5-2-6-12(14)17/h1-7H,8,17H2,(H,18,19). The van der Waals surface area contributed by atoms with E-state index in [1.165, 1.54) is 0 Å². The number of rotatable bonds is 4. The van der Waals surface area contributed by atoms with Gasteiger partial charge in [-0.05, 0) is 30.3 Å². The summed E-state index contributed by atoms with van der Waals surface area (Å²) in [6.45, 7) is 0. The predicted molar refractivity (Wildman–Crippen MR) is 89.9 cm³/mol. The molecule has 0 radical (unpaired) electrons. The Balaban J connectivity index is 2.08. The maximum atomic E-state index is 12.2. The van der Waals surface area contributed by atoms with E-state index in [1.807, 2.05) is 6.07 Å². The Morgan fingerprint density at radius 3 is 2.67 bits per heavy atom. The molecular weight excluding hydrogens is 376 g/mol. The lowest BCUT2D eigenvalue weighted by Crippen LogP contribution is -2.20. The van der Waals surface area contributed by atoms with Crippen LogP contribution in [-0.2, 0) is 15.6 Å². The van der Waals surface area contributed by atoms with Crippen LogP contribution in [0.2, 0.25) is 5.02 Å². The molecule has 4 nitrogen and oxygen atoms in total. The molecule has 21 heavy (non-hydrogen) atoms. The second-order valence-electron chi connectivity index (χ2n) is 4.21. The fraction of sp³-hybridized carbons (Fsp3) is 0.0714. The smallest absolute Gasteiger partial charge is 0.237 e. The van der Waals surface area contributed by atoms with Crippen molar-refractivity contribution in [3.05, 3.63) is 52.0 Å². The maximum absolute atomic E-state index is 12.2. The summed E-state index contributed by atoms with van der Waals surface area (Å²) in [7, 11) is -1.60. The molecule has 0 fully saturated rings. The lowest BCUT2D eigenvalue weighted by molar-refractivity contribution is -0.113. The number of anilines is 2. The molecule has 2 aromatic rings. The van der Waals surface area contributed by atoms with Gasteiger partial charge in [-0.15, -0.1) is 0 Å². The SMILES string of the molecule is Nc1cccc(Cl)c1S(=O)CC(=O)Nc1cccc(Br)c1. The fourth-order valence-corrected chi connectivity index (χ4v) is 3.63. The Kier molecular flexibility index (Phi) is 5.39. The van der Waals surface area contributed by atoms with E-state index in [2.05, 4.69) is 21.2 Å². The fourth-order valence-electron chi connectivity index (χ4n) is 1.72. The second kappa shape index (κ2) is 7.06. The molecule has 1 amide bonds. The van der Waals surface area contributed by atoms with Gasteiger partial charge in [-0.3, -0.25) is 9.00 Å². The highest BCUT2D eigenvalue weighted by Gasteiger charge is 2.16. The van der Waals surface area contributed by atoms with Crippen LogP contribution in [0.1, 0.15) is 0 Å². The number of amides is 1. The van der Waals surface area contributed by atoms with Gasteiger partial charge in [0.2, 0.25) is 5.91 Å². The summed E-state index contributed by atoms with van der Waals surface area (Å²) in [4.78, 5) is 12.2. The van der Waals surface area contributed by atoms with E-state index in [9.17, 15) is 9.00 Å². The summed E-state index contributed by atoms with van der Waals surface area (Å²) >= 11 is 9.29. The van der Waals surface area contributed by atoms with Crippen molar-refractivity contribution in [1.82, 2.24) is 0 Å². The molecule has 1 atom stereocenters. The molecule has 0 aromatic heterocycles. The van der Waals surface area contributed by atoms with Gasteiger partial charge in [0.1, 0.15) is 5.75 Å². The van der Waals surface area contributed by atoms with Crippen molar-refractivity contribution >= 4 is 55.6 Å². The van der Waals surface area contributed by atoms with Gasteiger partial charge in [0, 0.05) is 15.8 Å². The topological polar surface area (TPSA) is 72.2 Å². The number of nitrogens with one attached hydrogen (secondary N) is 1. The van der Waals surface area contributed by atoms with Crippen LogP contribution in [0.5, 0.6) is 0 Å². The highest BCUT2D eigenvalue weighted by Crippen LogP contribution is 2.26. The van der Waals surface area contributed by atoms with Gasteiger partial charge in [-0.2, -0.15) is 0 Å². The van der Waals surface area contributed by atoms with Gasteiger partial charge in [0.05, 0.1) is 20.7 Å².